The molecule has 0 heterocycles. The summed E-state index contributed by atoms with van der Waals surface area (Å²) < 4.78 is 0. The first-order chi connectivity index (χ1) is 24.4. The van der Waals surface area contributed by atoms with E-state index in [9.17, 15) is 15.3 Å². The number of nitrogens with zero attached hydrogens (tertiary/aromatic N) is 1. The van der Waals surface area contributed by atoms with E-state index in [1.54, 1.807) is 0 Å². The van der Waals surface area contributed by atoms with Crippen molar-refractivity contribution in [2.24, 2.45) is 0 Å². The zero-order valence-corrected chi connectivity index (χ0v) is 41.5. The predicted molar refractivity (Wildman–Crippen MR) is 223 cm³/mol. The molecule has 0 aliphatic rings. The molecule has 52 heavy (non-hydrogen) atoms. The summed E-state index contributed by atoms with van der Waals surface area (Å²) in [7, 11) is 0. The van der Waals surface area contributed by atoms with Crippen LogP contribution < -0.4 is 0 Å². The second kappa shape index (κ2) is 56.5. The van der Waals surface area contributed by atoms with Crippen molar-refractivity contribution >= 4 is 0 Å². The SMILES string of the molecule is CCCCCCCCC(O)CCCCCC.CCCCCCCCC(O)CCCCCC.[CH2-]CCCCCN(CCCCC[CH2-])CC(O)CO.[W].[W]. The fourth-order valence-electron chi connectivity index (χ4n) is 6.25. The summed E-state index contributed by atoms with van der Waals surface area (Å²) in [6.07, 6.45) is 38.7. The van der Waals surface area contributed by atoms with E-state index in [4.69, 9.17) is 5.11 Å². The molecule has 3 unspecified atom stereocenters. The zero-order valence-electron chi connectivity index (χ0n) is 35.7. The summed E-state index contributed by atoms with van der Waals surface area (Å²) in [5, 5.41) is 37.9. The predicted octanol–water partition coefficient (Wildman–Crippen LogP) is 12.6. The van der Waals surface area contributed by atoms with Crippen LogP contribution in [0.5, 0.6) is 0 Å². The Kier molecular flexibility index (Phi) is 67.8. The average Bonchev–Trinajstić information content (AvgIpc) is 3.12. The molecular weight excluding hydrogens is 986 g/mol. The van der Waals surface area contributed by atoms with E-state index < -0.39 is 6.10 Å². The molecule has 0 radical (unpaired) electrons. The van der Waals surface area contributed by atoms with Gasteiger partial charge < -0.3 is 39.2 Å². The van der Waals surface area contributed by atoms with Gasteiger partial charge in [-0.05, 0) is 51.6 Å². The molecule has 0 amide bonds. The minimum Gasteiger partial charge on any atom is -0.394 e. The first kappa shape index (κ1) is 62.4. The van der Waals surface area contributed by atoms with Crippen molar-refractivity contribution in [2.75, 3.05) is 26.2 Å². The van der Waals surface area contributed by atoms with Gasteiger partial charge in [0.2, 0.25) is 0 Å². The second-order valence-electron chi connectivity index (χ2n) is 15.1. The molecule has 0 aromatic rings. The maximum Gasteiger partial charge on any atom is 0.0897 e. The summed E-state index contributed by atoms with van der Waals surface area (Å²) in [5.41, 5.74) is 0. The van der Waals surface area contributed by atoms with Gasteiger partial charge in [0, 0.05) is 48.7 Å². The third kappa shape index (κ3) is 57.9. The Morgan fingerprint density at radius 1 is 0.385 bits per heavy atom. The average molecular weight is 1080 g/mol. The van der Waals surface area contributed by atoms with Crippen molar-refractivity contribution in [3.63, 3.8) is 0 Å². The van der Waals surface area contributed by atoms with Gasteiger partial charge in [0.15, 0.2) is 0 Å². The van der Waals surface area contributed by atoms with Crippen LogP contribution in [0.3, 0.4) is 0 Å². The molecule has 7 heteroatoms. The van der Waals surface area contributed by atoms with E-state index in [1.807, 2.05) is 0 Å². The topological polar surface area (TPSA) is 84.2 Å². The van der Waals surface area contributed by atoms with Gasteiger partial charge in [-0.1, -0.05) is 182 Å². The van der Waals surface area contributed by atoms with Crippen LogP contribution in [0.25, 0.3) is 0 Å². The van der Waals surface area contributed by atoms with Crippen molar-refractivity contribution < 1.29 is 62.6 Å². The molecule has 0 aliphatic carbocycles. The van der Waals surface area contributed by atoms with E-state index in [0.29, 0.717) is 6.54 Å². The van der Waals surface area contributed by atoms with Crippen molar-refractivity contribution in [2.45, 2.75) is 251 Å². The fraction of sp³-hybridized carbons (Fsp3) is 0.956. The van der Waals surface area contributed by atoms with Gasteiger partial charge in [0.25, 0.3) is 0 Å². The molecule has 0 aliphatic heterocycles. The minimum absolute atomic E-state index is 0. The van der Waals surface area contributed by atoms with Crippen molar-refractivity contribution in [1.82, 2.24) is 4.90 Å². The van der Waals surface area contributed by atoms with E-state index >= 15 is 0 Å². The Bertz CT molecular complexity index is 533. The molecule has 5 nitrogen and oxygen atoms in total. The molecule has 0 rings (SSSR count). The van der Waals surface area contributed by atoms with E-state index in [1.165, 1.54) is 154 Å². The van der Waals surface area contributed by atoms with E-state index in [2.05, 4.69) is 46.4 Å². The molecule has 0 saturated heterocycles. The first-order valence-electron chi connectivity index (χ1n) is 22.3. The largest absolute Gasteiger partial charge is 0.394 e. The summed E-state index contributed by atoms with van der Waals surface area (Å²) in [6.45, 7) is 19.1. The second-order valence-corrected chi connectivity index (χ2v) is 15.1. The minimum atomic E-state index is -0.606. The van der Waals surface area contributed by atoms with Crippen molar-refractivity contribution in [3.05, 3.63) is 13.8 Å². The number of unbranched alkanes of at least 4 members (excludes halogenated alkanes) is 22. The summed E-state index contributed by atoms with van der Waals surface area (Å²) in [5.74, 6) is 0. The van der Waals surface area contributed by atoms with Crippen LogP contribution >= 0.6 is 0 Å². The maximum atomic E-state index is 9.75. The monoisotopic (exact) mass is 1080 g/mol. The molecular formula is C45H95NO4W2-2. The number of rotatable bonds is 37. The summed E-state index contributed by atoms with van der Waals surface area (Å²) in [4.78, 5) is 2.27. The van der Waals surface area contributed by atoms with E-state index in [-0.39, 0.29) is 60.9 Å². The van der Waals surface area contributed by atoms with Gasteiger partial charge >= 0.3 is 0 Å². The number of hydrogen-bond donors (Lipinski definition) is 4. The van der Waals surface area contributed by atoms with Crippen molar-refractivity contribution in [1.29, 1.82) is 0 Å². The Morgan fingerprint density at radius 3 is 0.942 bits per heavy atom. The molecule has 0 bridgehead atoms. The standard InChI is InChI=1S/C15H31NO2.2C15H32O.2W/c1-3-5-7-9-11-16(13-15(18)14-17)12-10-8-6-4-2;2*1-3-5-7-9-10-12-14-15(16)13-11-8-6-4-2;;/h15,17-18H,1-14H2;2*15-16H,3-14H2,1-2H3;;/q-2;;;;. The molecule has 3 atom stereocenters. The zero-order chi connectivity index (χ0) is 37.8. The third-order valence-corrected chi connectivity index (χ3v) is 9.69. The maximum absolute atomic E-state index is 9.75. The Morgan fingerprint density at radius 2 is 0.654 bits per heavy atom. The van der Waals surface area contributed by atoms with Gasteiger partial charge in [-0.3, -0.25) is 0 Å². The molecule has 0 spiro atoms. The molecule has 4 N–H and O–H groups in total. The molecule has 0 aromatic carbocycles. The smallest absolute Gasteiger partial charge is 0.0897 e. The summed E-state index contributed by atoms with van der Waals surface area (Å²) >= 11 is 0. The van der Waals surface area contributed by atoms with Gasteiger partial charge in [-0.15, -0.1) is 0 Å². The Labute approximate surface area is 357 Å². The number of aliphatic hydroxyl groups is 4. The van der Waals surface area contributed by atoms with Crippen LogP contribution in [-0.4, -0.2) is 69.9 Å². The number of aliphatic hydroxyl groups excluding tert-OH is 4. The fourth-order valence-corrected chi connectivity index (χ4v) is 6.25. The Balaban J connectivity index is -0.000000209. The molecule has 0 fully saturated rings. The van der Waals surface area contributed by atoms with Gasteiger partial charge in [0.05, 0.1) is 24.9 Å². The number of hydrogen-bond acceptors (Lipinski definition) is 5. The first-order valence-corrected chi connectivity index (χ1v) is 22.3. The normalized spacial score (nSPS) is 12.5. The molecule has 318 valence electrons. The van der Waals surface area contributed by atoms with Gasteiger partial charge in [-0.25, -0.2) is 0 Å². The quantitative estimate of drug-likeness (QED) is 0.0368. The van der Waals surface area contributed by atoms with Crippen LogP contribution in [0.4, 0.5) is 0 Å². The van der Waals surface area contributed by atoms with Gasteiger partial charge in [-0.2, -0.15) is 12.8 Å². The van der Waals surface area contributed by atoms with Crippen LogP contribution in [0, 0.1) is 13.8 Å². The third-order valence-electron chi connectivity index (χ3n) is 9.69. The Hall–Kier alpha value is 1.18. The summed E-state index contributed by atoms with van der Waals surface area (Å²) in [6, 6.07) is 0. The van der Waals surface area contributed by atoms with Crippen LogP contribution in [0.1, 0.15) is 233 Å². The molecule has 0 saturated carbocycles. The van der Waals surface area contributed by atoms with Crippen molar-refractivity contribution in [3.8, 4) is 0 Å². The van der Waals surface area contributed by atoms with E-state index in [0.717, 1.165) is 64.5 Å². The van der Waals surface area contributed by atoms with Crippen LogP contribution in [0.15, 0.2) is 0 Å². The van der Waals surface area contributed by atoms with Crippen LogP contribution in [0.2, 0.25) is 0 Å². The molecule has 0 aromatic heterocycles. The van der Waals surface area contributed by atoms with Crippen LogP contribution in [-0.2, 0) is 42.1 Å². The van der Waals surface area contributed by atoms with Gasteiger partial charge in [0.1, 0.15) is 0 Å².